The molecule has 2 fully saturated rings. The SMILES string of the molecule is C=CC(=O)NC1CCC(NC(=O)CNc2nc(N3CCOCC3)nc3c2ncn3-c2cnn(C(F)F)c2)CC1. The number of halogens is 2. The Morgan fingerprint density at radius 3 is 2.51 bits per heavy atom. The molecule has 15 heteroatoms. The number of fused-ring (bicyclic) bond motifs is 1. The summed E-state index contributed by atoms with van der Waals surface area (Å²) >= 11 is 0. The zero-order chi connectivity index (χ0) is 27.4. The minimum absolute atomic E-state index is 0.0103. The predicted molar refractivity (Wildman–Crippen MR) is 138 cm³/mol. The van der Waals surface area contributed by atoms with Gasteiger partial charge in [0, 0.05) is 25.2 Å². The van der Waals surface area contributed by atoms with Crippen LogP contribution in [0.2, 0.25) is 0 Å². The Balaban J connectivity index is 1.30. The number of carbonyl (C=O) groups excluding carboxylic acids is 2. The van der Waals surface area contributed by atoms with Crippen LogP contribution in [-0.4, -0.2) is 86.0 Å². The van der Waals surface area contributed by atoms with Gasteiger partial charge in [-0.1, -0.05) is 6.58 Å². The second kappa shape index (κ2) is 11.7. The molecular formula is C24H30F2N10O3. The molecular weight excluding hydrogens is 514 g/mol. The van der Waals surface area contributed by atoms with Gasteiger partial charge in [0.2, 0.25) is 17.8 Å². The van der Waals surface area contributed by atoms with Crippen molar-refractivity contribution in [1.29, 1.82) is 0 Å². The minimum Gasteiger partial charge on any atom is -0.378 e. The van der Waals surface area contributed by atoms with Crippen LogP contribution in [0.25, 0.3) is 16.9 Å². The molecule has 0 spiro atoms. The predicted octanol–water partition coefficient (Wildman–Crippen LogP) is 1.39. The molecule has 1 saturated carbocycles. The molecule has 0 bridgehead atoms. The average molecular weight is 545 g/mol. The van der Waals surface area contributed by atoms with Crippen LogP contribution in [0, 0.1) is 0 Å². The molecule has 0 unspecified atom stereocenters. The fraction of sp³-hybridized carbons (Fsp3) is 0.500. The number of rotatable bonds is 9. The fourth-order valence-electron chi connectivity index (χ4n) is 4.75. The van der Waals surface area contributed by atoms with E-state index in [4.69, 9.17) is 4.74 Å². The van der Waals surface area contributed by atoms with Gasteiger partial charge in [-0.25, -0.2) is 9.67 Å². The second-order valence-electron chi connectivity index (χ2n) is 9.40. The van der Waals surface area contributed by atoms with E-state index in [0.29, 0.717) is 59.6 Å². The first-order valence-electron chi connectivity index (χ1n) is 12.8. The third-order valence-corrected chi connectivity index (χ3v) is 6.78. The molecule has 2 aliphatic rings. The molecule has 1 aliphatic carbocycles. The maximum Gasteiger partial charge on any atom is 0.333 e. The number of amides is 2. The largest absolute Gasteiger partial charge is 0.378 e. The lowest BCUT2D eigenvalue weighted by atomic mass is 9.91. The van der Waals surface area contributed by atoms with E-state index in [9.17, 15) is 18.4 Å². The summed E-state index contributed by atoms with van der Waals surface area (Å²) in [4.78, 5) is 39.9. The van der Waals surface area contributed by atoms with Crippen LogP contribution < -0.4 is 20.9 Å². The molecule has 5 rings (SSSR count). The van der Waals surface area contributed by atoms with Crippen molar-refractivity contribution in [2.45, 2.75) is 44.3 Å². The third-order valence-electron chi connectivity index (χ3n) is 6.78. The summed E-state index contributed by atoms with van der Waals surface area (Å²) in [6, 6.07) is 0.0914. The highest BCUT2D eigenvalue weighted by molar-refractivity contribution is 5.88. The number of hydrogen-bond acceptors (Lipinski definition) is 9. The normalized spacial score (nSPS) is 19.7. The fourth-order valence-corrected chi connectivity index (χ4v) is 4.75. The highest BCUT2D eigenvalue weighted by Crippen LogP contribution is 2.26. The average Bonchev–Trinajstić information content (AvgIpc) is 3.61. The Labute approximate surface area is 222 Å². The molecule has 1 aliphatic heterocycles. The number of hydrogen-bond donors (Lipinski definition) is 3. The van der Waals surface area contributed by atoms with Crippen molar-refractivity contribution in [3.8, 4) is 5.69 Å². The summed E-state index contributed by atoms with van der Waals surface area (Å²) in [7, 11) is 0. The molecule has 4 heterocycles. The van der Waals surface area contributed by atoms with E-state index >= 15 is 0 Å². The lowest BCUT2D eigenvalue weighted by molar-refractivity contribution is -0.121. The van der Waals surface area contributed by atoms with Gasteiger partial charge < -0.3 is 25.6 Å². The standard InChI is InChI=1S/C24H30F2N10O3/c1-2-18(37)30-15-3-5-16(6-4-15)31-19(38)12-27-21-20-22(33-24(32-21)34-7-9-39-10-8-34)35(14-28-20)17-11-29-36(13-17)23(25)26/h2,11,13-16,23H,1,3-10,12H2,(H,30,37)(H,31,38)(H,27,32,33). The lowest BCUT2D eigenvalue weighted by Gasteiger charge is -2.29. The van der Waals surface area contributed by atoms with E-state index in [1.807, 2.05) is 4.90 Å². The third kappa shape index (κ3) is 6.13. The van der Waals surface area contributed by atoms with E-state index in [-0.39, 0.29) is 30.4 Å². The molecule has 0 atom stereocenters. The first-order valence-corrected chi connectivity index (χ1v) is 12.8. The van der Waals surface area contributed by atoms with Gasteiger partial charge in [0.25, 0.3) is 0 Å². The number of nitrogens with one attached hydrogen (secondary N) is 3. The van der Waals surface area contributed by atoms with E-state index in [2.05, 4.69) is 42.6 Å². The summed E-state index contributed by atoms with van der Waals surface area (Å²) in [5.74, 6) is 0.375. The molecule has 208 valence electrons. The molecule has 3 aromatic rings. The molecule has 0 radical (unpaired) electrons. The Morgan fingerprint density at radius 1 is 1.13 bits per heavy atom. The number of imidazole rings is 1. The van der Waals surface area contributed by atoms with E-state index in [0.717, 1.165) is 25.7 Å². The second-order valence-corrected chi connectivity index (χ2v) is 9.40. The van der Waals surface area contributed by atoms with Gasteiger partial charge >= 0.3 is 6.55 Å². The van der Waals surface area contributed by atoms with Crippen LogP contribution in [0.5, 0.6) is 0 Å². The molecule has 0 aromatic carbocycles. The zero-order valence-electron chi connectivity index (χ0n) is 21.2. The van der Waals surface area contributed by atoms with E-state index in [1.165, 1.54) is 24.8 Å². The molecule has 39 heavy (non-hydrogen) atoms. The number of nitrogens with zero attached hydrogens (tertiary/aromatic N) is 7. The Kier molecular flexibility index (Phi) is 7.95. The monoisotopic (exact) mass is 544 g/mol. The highest BCUT2D eigenvalue weighted by Gasteiger charge is 2.24. The summed E-state index contributed by atoms with van der Waals surface area (Å²) in [5, 5.41) is 12.7. The van der Waals surface area contributed by atoms with Crippen molar-refractivity contribution in [3.05, 3.63) is 31.4 Å². The summed E-state index contributed by atoms with van der Waals surface area (Å²) in [6.07, 6.45) is 8.28. The van der Waals surface area contributed by atoms with E-state index < -0.39 is 6.55 Å². The van der Waals surface area contributed by atoms with Crippen LogP contribution in [-0.2, 0) is 14.3 Å². The summed E-state index contributed by atoms with van der Waals surface area (Å²) in [6.45, 7) is 2.86. The van der Waals surface area contributed by atoms with Crippen LogP contribution in [0.15, 0.2) is 31.4 Å². The van der Waals surface area contributed by atoms with Gasteiger partial charge in [0.05, 0.1) is 37.8 Å². The first-order chi connectivity index (χ1) is 18.9. The molecule has 3 aromatic heterocycles. The molecule has 3 N–H and O–H groups in total. The first kappa shape index (κ1) is 26.5. The Bertz CT molecular complexity index is 1330. The molecule has 13 nitrogen and oxygen atoms in total. The molecule has 1 saturated heterocycles. The van der Waals surface area contributed by atoms with Gasteiger partial charge in [0.1, 0.15) is 6.33 Å². The van der Waals surface area contributed by atoms with Crippen molar-refractivity contribution >= 4 is 34.7 Å². The Hall–Kier alpha value is -4.14. The smallest absolute Gasteiger partial charge is 0.333 e. The maximum atomic E-state index is 13.1. The topological polar surface area (TPSA) is 144 Å². The maximum absolute atomic E-state index is 13.1. The van der Waals surface area contributed by atoms with Crippen molar-refractivity contribution in [2.75, 3.05) is 43.1 Å². The number of carbonyl (C=O) groups is 2. The van der Waals surface area contributed by atoms with Crippen molar-refractivity contribution < 1.29 is 23.1 Å². The van der Waals surface area contributed by atoms with Gasteiger partial charge in [0.15, 0.2) is 17.0 Å². The van der Waals surface area contributed by atoms with Gasteiger partial charge in [-0.2, -0.15) is 23.8 Å². The van der Waals surface area contributed by atoms with Gasteiger partial charge in [-0.3, -0.25) is 14.2 Å². The number of anilines is 2. The summed E-state index contributed by atoms with van der Waals surface area (Å²) in [5.41, 5.74) is 1.15. The zero-order valence-corrected chi connectivity index (χ0v) is 21.2. The highest BCUT2D eigenvalue weighted by atomic mass is 19.3. The lowest BCUT2D eigenvalue weighted by Crippen LogP contribution is -2.44. The molecule has 2 amide bonds. The Morgan fingerprint density at radius 2 is 1.85 bits per heavy atom. The van der Waals surface area contributed by atoms with Crippen LogP contribution >= 0.6 is 0 Å². The van der Waals surface area contributed by atoms with Gasteiger partial charge in [-0.15, -0.1) is 0 Å². The van der Waals surface area contributed by atoms with E-state index in [1.54, 1.807) is 4.57 Å². The number of ether oxygens (including phenoxy) is 1. The van der Waals surface area contributed by atoms with Crippen molar-refractivity contribution in [1.82, 2.24) is 39.9 Å². The van der Waals surface area contributed by atoms with Crippen molar-refractivity contribution in [3.63, 3.8) is 0 Å². The summed E-state index contributed by atoms with van der Waals surface area (Å²) < 4.78 is 33.7. The number of morpholine rings is 1. The van der Waals surface area contributed by atoms with Crippen LogP contribution in [0.3, 0.4) is 0 Å². The number of alkyl halides is 2. The van der Waals surface area contributed by atoms with Crippen LogP contribution in [0.4, 0.5) is 20.5 Å². The van der Waals surface area contributed by atoms with Gasteiger partial charge in [-0.05, 0) is 31.8 Å². The minimum atomic E-state index is -2.77. The van der Waals surface area contributed by atoms with Crippen LogP contribution in [0.1, 0.15) is 32.2 Å². The quantitative estimate of drug-likeness (QED) is 0.340. The van der Waals surface area contributed by atoms with Crippen molar-refractivity contribution in [2.24, 2.45) is 0 Å². The number of aromatic nitrogens is 6.